The molecule has 0 aliphatic carbocycles. The number of hydrogen-bond donors (Lipinski definition) is 0. The van der Waals surface area contributed by atoms with Crippen LogP contribution < -0.4 is 0 Å². The third-order valence-corrected chi connectivity index (χ3v) is 5.26. The topological polar surface area (TPSA) is 63.9 Å². The van der Waals surface area contributed by atoms with Gasteiger partial charge >= 0.3 is 0 Å². The molecule has 0 unspecified atom stereocenters. The van der Waals surface area contributed by atoms with E-state index in [1.54, 1.807) is 30.7 Å². The molecule has 1 fully saturated rings. The molecule has 3 heterocycles. The van der Waals surface area contributed by atoms with Crippen LogP contribution in [0.4, 0.5) is 4.39 Å². The molecule has 0 radical (unpaired) electrons. The summed E-state index contributed by atoms with van der Waals surface area (Å²) in [5, 5.41) is 0. The van der Waals surface area contributed by atoms with Crippen LogP contribution in [0.1, 0.15) is 55.7 Å². The molecule has 0 spiro atoms. The van der Waals surface area contributed by atoms with Gasteiger partial charge in [0.05, 0.1) is 30.6 Å². The smallest absolute Gasteiger partial charge is 0.227 e. The summed E-state index contributed by atoms with van der Waals surface area (Å²) in [7, 11) is 0. The van der Waals surface area contributed by atoms with Crippen molar-refractivity contribution < 1.29 is 9.18 Å². The van der Waals surface area contributed by atoms with E-state index >= 15 is 0 Å². The molecule has 6 nitrogen and oxygen atoms in total. The molecule has 1 amide bonds. The van der Waals surface area contributed by atoms with Crippen molar-refractivity contribution in [2.45, 2.75) is 45.1 Å². The SMILES string of the molecule is CC(C)c1nccn1-c1cncc([C@H]2CCCN2C(=O)Cc2ccc(F)cc2)n1. The van der Waals surface area contributed by atoms with E-state index in [0.717, 1.165) is 29.9 Å². The molecule has 4 rings (SSSR count). The fourth-order valence-corrected chi connectivity index (χ4v) is 3.83. The maximum absolute atomic E-state index is 13.1. The van der Waals surface area contributed by atoms with E-state index in [2.05, 4.69) is 23.8 Å². The van der Waals surface area contributed by atoms with Gasteiger partial charge in [-0.2, -0.15) is 0 Å². The number of amides is 1. The minimum absolute atomic E-state index is 0.0248. The van der Waals surface area contributed by atoms with E-state index in [-0.39, 0.29) is 30.1 Å². The quantitative estimate of drug-likeness (QED) is 0.661. The highest BCUT2D eigenvalue weighted by Gasteiger charge is 2.31. The molecule has 3 aromatic rings. The van der Waals surface area contributed by atoms with Crippen LogP contribution in [0.2, 0.25) is 0 Å². The van der Waals surface area contributed by atoms with Crippen LogP contribution >= 0.6 is 0 Å². The highest BCUT2D eigenvalue weighted by atomic mass is 19.1. The van der Waals surface area contributed by atoms with E-state index in [1.165, 1.54) is 12.1 Å². The summed E-state index contributed by atoms with van der Waals surface area (Å²) in [6, 6.07) is 5.99. The first-order chi connectivity index (χ1) is 14.0. The van der Waals surface area contributed by atoms with Gasteiger partial charge in [-0.25, -0.2) is 14.4 Å². The van der Waals surface area contributed by atoms with Crippen molar-refractivity contribution in [1.29, 1.82) is 0 Å². The second-order valence-electron chi connectivity index (χ2n) is 7.66. The first kappa shape index (κ1) is 19.2. The molecule has 29 heavy (non-hydrogen) atoms. The highest BCUT2D eigenvalue weighted by molar-refractivity contribution is 5.79. The van der Waals surface area contributed by atoms with Gasteiger partial charge in [0.2, 0.25) is 5.91 Å². The summed E-state index contributed by atoms with van der Waals surface area (Å²) in [4.78, 5) is 28.4. The van der Waals surface area contributed by atoms with Crippen LogP contribution in [0.5, 0.6) is 0 Å². The number of aromatic nitrogens is 4. The van der Waals surface area contributed by atoms with Crippen LogP contribution in [0.3, 0.4) is 0 Å². The van der Waals surface area contributed by atoms with Gasteiger partial charge in [0, 0.05) is 24.9 Å². The Morgan fingerprint density at radius 3 is 2.79 bits per heavy atom. The normalized spacial score (nSPS) is 16.6. The average Bonchev–Trinajstić information content (AvgIpc) is 3.39. The van der Waals surface area contributed by atoms with Gasteiger partial charge in [-0.05, 0) is 30.5 Å². The predicted octanol–water partition coefficient (Wildman–Crippen LogP) is 3.83. The van der Waals surface area contributed by atoms with Crippen LogP contribution in [-0.4, -0.2) is 36.9 Å². The third-order valence-electron chi connectivity index (χ3n) is 5.26. The second kappa shape index (κ2) is 8.11. The summed E-state index contributed by atoms with van der Waals surface area (Å²) >= 11 is 0. The van der Waals surface area contributed by atoms with Gasteiger partial charge in [-0.15, -0.1) is 0 Å². The number of rotatable bonds is 5. The Morgan fingerprint density at radius 1 is 1.24 bits per heavy atom. The fourth-order valence-electron chi connectivity index (χ4n) is 3.83. The van der Waals surface area contributed by atoms with E-state index in [4.69, 9.17) is 4.98 Å². The minimum Gasteiger partial charge on any atom is -0.334 e. The molecule has 1 aromatic carbocycles. The monoisotopic (exact) mass is 393 g/mol. The Bertz CT molecular complexity index is 998. The zero-order valence-corrected chi connectivity index (χ0v) is 16.6. The molecule has 0 saturated carbocycles. The van der Waals surface area contributed by atoms with Gasteiger partial charge in [0.1, 0.15) is 11.6 Å². The lowest BCUT2D eigenvalue weighted by Crippen LogP contribution is -2.32. The Labute approximate surface area is 169 Å². The lowest BCUT2D eigenvalue weighted by molar-refractivity contribution is -0.131. The van der Waals surface area contributed by atoms with Crippen molar-refractivity contribution in [2.75, 3.05) is 6.54 Å². The molecule has 1 aliphatic rings. The summed E-state index contributed by atoms with van der Waals surface area (Å²) < 4.78 is 15.1. The van der Waals surface area contributed by atoms with Crippen molar-refractivity contribution >= 4 is 5.91 Å². The van der Waals surface area contributed by atoms with E-state index < -0.39 is 0 Å². The summed E-state index contributed by atoms with van der Waals surface area (Å²) in [6.45, 7) is 4.87. The van der Waals surface area contributed by atoms with Gasteiger partial charge in [-0.3, -0.25) is 14.3 Å². The van der Waals surface area contributed by atoms with Crippen molar-refractivity contribution in [2.24, 2.45) is 0 Å². The Hall–Kier alpha value is -3.09. The Morgan fingerprint density at radius 2 is 2.03 bits per heavy atom. The number of carbonyl (C=O) groups excluding carboxylic acids is 1. The molecule has 0 bridgehead atoms. The summed E-state index contributed by atoms with van der Waals surface area (Å²) in [5.74, 6) is 1.62. The standard InChI is InChI=1S/C22H24FN5O/c1-15(2)22-25-9-11-28(22)20-14-24-13-18(26-20)19-4-3-10-27(19)21(29)12-16-5-7-17(23)8-6-16/h5-9,11,13-15,19H,3-4,10,12H2,1-2H3/t19-/m1/s1. The number of hydrogen-bond acceptors (Lipinski definition) is 4. The van der Waals surface area contributed by atoms with E-state index in [1.807, 2.05) is 15.7 Å². The minimum atomic E-state index is -0.299. The van der Waals surface area contributed by atoms with Crippen molar-refractivity contribution in [3.63, 3.8) is 0 Å². The van der Waals surface area contributed by atoms with Crippen molar-refractivity contribution in [3.05, 3.63) is 72.0 Å². The maximum atomic E-state index is 13.1. The number of nitrogens with zero attached hydrogens (tertiary/aromatic N) is 5. The largest absolute Gasteiger partial charge is 0.334 e. The molecular formula is C22H24FN5O. The fraction of sp³-hybridized carbons (Fsp3) is 0.364. The van der Waals surface area contributed by atoms with Gasteiger partial charge in [0.15, 0.2) is 5.82 Å². The average molecular weight is 393 g/mol. The number of halogens is 1. The van der Waals surface area contributed by atoms with Gasteiger partial charge < -0.3 is 4.90 Å². The molecule has 7 heteroatoms. The van der Waals surface area contributed by atoms with Crippen molar-refractivity contribution in [3.8, 4) is 5.82 Å². The van der Waals surface area contributed by atoms with Crippen LogP contribution in [0.15, 0.2) is 49.1 Å². The Kier molecular flexibility index (Phi) is 5.38. The van der Waals surface area contributed by atoms with Crippen LogP contribution in [0.25, 0.3) is 5.82 Å². The molecule has 1 atom stereocenters. The number of benzene rings is 1. The summed E-state index contributed by atoms with van der Waals surface area (Å²) in [5.41, 5.74) is 1.60. The number of likely N-dealkylation sites (tertiary alicyclic amines) is 1. The number of imidazole rings is 1. The zero-order valence-electron chi connectivity index (χ0n) is 16.6. The molecule has 150 valence electrons. The molecule has 0 N–H and O–H groups in total. The Balaban J connectivity index is 1.56. The van der Waals surface area contributed by atoms with Crippen LogP contribution in [-0.2, 0) is 11.2 Å². The van der Waals surface area contributed by atoms with E-state index in [0.29, 0.717) is 12.4 Å². The van der Waals surface area contributed by atoms with Gasteiger partial charge in [0.25, 0.3) is 0 Å². The molecule has 1 aliphatic heterocycles. The zero-order chi connectivity index (χ0) is 20.4. The number of carbonyl (C=O) groups is 1. The first-order valence-corrected chi connectivity index (χ1v) is 9.92. The van der Waals surface area contributed by atoms with E-state index in [9.17, 15) is 9.18 Å². The highest BCUT2D eigenvalue weighted by Crippen LogP contribution is 2.31. The molecule has 2 aromatic heterocycles. The molecular weight excluding hydrogens is 369 g/mol. The lowest BCUT2D eigenvalue weighted by Gasteiger charge is -2.24. The predicted molar refractivity (Wildman–Crippen MR) is 107 cm³/mol. The van der Waals surface area contributed by atoms with Crippen molar-refractivity contribution in [1.82, 2.24) is 24.4 Å². The summed E-state index contributed by atoms with van der Waals surface area (Å²) in [6.07, 6.45) is 9.14. The maximum Gasteiger partial charge on any atom is 0.227 e. The molecule has 1 saturated heterocycles. The third kappa shape index (κ3) is 4.04. The van der Waals surface area contributed by atoms with Gasteiger partial charge in [-0.1, -0.05) is 26.0 Å². The first-order valence-electron chi connectivity index (χ1n) is 9.92. The lowest BCUT2D eigenvalue weighted by atomic mass is 10.1. The second-order valence-corrected chi connectivity index (χ2v) is 7.66. The van der Waals surface area contributed by atoms with Crippen LogP contribution in [0, 0.1) is 5.82 Å².